The third-order valence-corrected chi connectivity index (χ3v) is 3.04. The summed E-state index contributed by atoms with van der Waals surface area (Å²) in [6.07, 6.45) is -2.09. The zero-order valence-electron chi connectivity index (χ0n) is 9.72. The first-order valence-electron chi connectivity index (χ1n) is 5.39. The van der Waals surface area contributed by atoms with Crippen LogP contribution >= 0.6 is 0 Å². The van der Waals surface area contributed by atoms with Gasteiger partial charge in [0.2, 0.25) is 0 Å². The molecule has 1 aliphatic rings. The molecule has 1 saturated heterocycles. The molecule has 3 unspecified atom stereocenters. The summed E-state index contributed by atoms with van der Waals surface area (Å²) in [5.74, 6) is 0.0492. The van der Waals surface area contributed by atoms with Crippen molar-refractivity contribution in [2.24, 2.45) is 0 Å². The van der Waals surface area contributed by atoms with E-state index in [4.69, 9.17) is 15.6 Å². The van der Waals surface area contributed by atoms with Gasteiger partial charge in [0.15, 0.2) is 6.23 Å². The number of nitrogens with two attached hydrogens (primary N) is 1. The van der Waals surface area contributed by atoms with Crippen LogP contribution in [0.25, 0.3) is 0 Å². The summed E-state index contributed by atoms with van der Waals surface area (Å²) in [6, 6.07) is 1.37. The highest BCUT2D eigenvalue weighted by atomic mass is 16.6. The maximum atomic E-state index is 11.7. The van der Waals surface area contributed by atoms with Crippen LogP contribution in [0.1, 0.15) is 13.2 Å². The summed E-state index contributed by atoms with van der Waals surface area (Å²) in [6.45, 7) is 0.853. The van der Waals surface area contributed by atoms with Gasteiger partial charge in [-0.25, -0.2) is 4.79 Å². The topological polar surface area (TPSA) is 131 Å². The van der Waals surface area contributed by atoms with Crippen molar-refractivity contribution >= 4 is 5.82 Å². The molecule has 0 bridgehead atoms. The SMILES string of the molecule is CC1(O)C(O)[C@@H](CO)OC1n1ccc(N)nc1=O. The average Bonchev–Trinajstić information content (AvgIpc) is 2.52. The third-order valence-electron chi connectivity index (χ3n) is 3.04. The normalized spacial score (nSPS) is 35.9. The van der Waals surface area contributed by atoms with Gasteiger partial charge in [0.25, 0.3) is 0 Å². The Bertz CT molecular complexity index is 501. The summed E-state index contributed by atoms with van der Waals surface area (Å²) in [7, 11) is 0. The summed E-state index contributed by atoms with van der Waals surface area (Å²) in [4.78, 5) is 15.2. The van der Waals surface area contributed by atoms with Crippen LogP contribution in [-0.2, 0) is 4.74 Å². The maximum absolute atomic E-state index is 11.7. The molecule has 2 heterocycles. The first kappa shape index (κ1) is 13.0. The number of rotatable bonds is 2. The molecule has 1 aromatic rings. The van der Waals surface area contributed by atoms with Crippen LogP contribution in [0.5, 0.6) is 0 Å². The third kappa shape index (κ3) is 1.89. The molecule has 8 heteroatoms. The van der Waals surface area contributed by atoms with E-state index in [1.54, 1.807) is 0 Å². The summed E-state index contributed by atoms with van der Waals surface area (Å²) >= 11 is 0. The second kappa shape index (κ2) is 4.32. The molecule has 4 atom stereocenters. The molecule has 5 N–H and O–H groups in total. The van der Waals surface area contributed by atoms with E-state index in [1.807, 2.05) is 0 Å². The zero-order chi connectivity index (χ0) is 13.5. The van der Waals surface area contributed by atoms with Crippen molar-refractivity contribution < 1.29 is 20.1 Å². The molecule has 0 radical (unpaired) electrons. The molecule has 100 valence electrons. The lowest BCUT2D eigenvalue weighted by atomic mass is 9.96. The lowest BCUT2D eigenvalue weighted by Gasteiger charge is -2.27. The van der Waals surface area contributed by atoms with Crippen LogP contribution in [0.4, 0.5) is 5.82 Å². The number of hydrogen-bond acceptors (Lipinski definition) is 7. The van der Waals surface area contributed by atoms with Crippen molar-refractivity contribution in [3.05, 3.63) is 22.7 Å². The van der Waals surface area contributed by atoms with Crippen molar-refractivity contribution in [1.82, 2.24) is 9.55 Å². The number of ether oxygens (including phenoxy) is 1. The molecule has 18 heavy (non-hydrogen) atoms. The van der Waals surface area contributed by atoms with Crippen molar-refractivity contribution in [3.63, 3.8) is 0 Å². The van der Waals surface area contributed by atoms with E-state index in [1.165, 1.54) is 19.2 Å². The van der Waals surface area contributed by atoms with Gasteiger partial charge in [-0.1, -0.05) is 0 Å². The van der Waals surface area contributed by atoms with E-state index in [0.29, 0.717) is 0 Å². The molecule has 0 aliphatic carbocycles. The molecular formula is C10H15N3O5. The van der Waals surface area contributed by atoms with Gasteiger partial charge >= 0.3 is 5.69 Å². The van der Waals surface area contributed by atoms with E-state index in [0.717, 1.165) is 4.57 Å². The Kier molecular flexibility index (Phi) is 3.11. The van der Waals surface area contributed by atoms with E-state index < -0.39 is 36.3 Å². The van der Waals surface area contributed by atoms with Crippen molar-refractivity contribution in [2.45, 2.75) is 31.0 Å². The molecular weight excluding hydrogens is 242 g/mol. The fraction of sp³-hybridized carbons (Fsp3) is 0.600. The molecule has 8 nitrogen and oxygen atoms in total. The van der Waals surface area contributed by atoms with Crippen molar-refractivity contribution in [2.75, 3.05) is 12.3 Å². The number of anilines is 1. The van der Waals surface area contributed by atoms with Gasteiger partial charge in [-0.3, -0.25) is 4.57 Å². The highest BCUT2D eigenvalue weighted by Gasteiger charge is 2.53. The van der Waals surface area contributed by atoms with Crippen LogP contribution in [0.15, 0.2) is 17.1 Å². The minimum Gasteiger partial charge on any atom is -0.394 e. The molecule has 1 fully saturated rings. The van der Waals surface area contributed by atoms with Gasteiger partial charge in [0.05, 0.1) is 6.61 Å². The number of hydrogen-bond donors (Lipinski definition) is 4. The van der Waals surface area contributed by atoms with Crippen LogP contribution in [0.2, 0.25) is 0 Å². The lowest BCUT2D eigenvalue weighted by molar-refractivity contribution is -0.0986. The van der Waals surface area contributed by atoms with E-state index in [2.05, 4.69) is 4.98 Å². The average molecular weight is 257 g/mol. The Balaban J connectivity index is 2.42. The highest BCUT2D eigenvalue weighted by molar-refractivity contribution is 5.23. The smallest absolute Gasteiger partial charge is 0.351 e. The fourth-order valence-electron chi connectivity index (χ4n) is 1.99. The lowest BCUT2D eigenvalue weighted by Crippen LogP contribution is -2.46. The largest absolute Gasteiger partial charge is 0.394 e. The number of aliphatic hydroxyl groups excluding tert-OH is 2. The van der Waals surface area contributed by atoms with Gasteiger partial charge in [0, 0.05) is 6.20 Å². The summed E-state index contributed by atoms with van der Waals surface area (Å²) < 4.78 is 6.30. The van der Waals surface area contributed by atoms with Gasteiger partial charge in [-0.2, -0.15) is 4.98 Å². The minimum atomic E-state index is -1.71. The first-order chi connectivity index (χ1) is 8.37. The Morgan fingerprint density at radius 1 is 1.67 bits per heavy atom. The number of aliphatic hydroxyl groups is 3. The maximum Gasteiger partial charge on any atom is 0.351 e. The second-order valence-corrected chi connectivity index (χ2v) is 4.42. The predicted molar refractivity (Wildman–Crippen MR) is 60.5 cm³/mol. The van der Waals surface area contributed by atoms with Crippen molar-refractivity contribution in [1.29, 1.82) is 0 Å². The molecule has 0 aromatic carbocycles. The highest BCUT2D eigenvalue weighted by Crippen LogP contribution is 2.37. The van der Waals surface area contributed by atoms with Crippen LogP contribution in [0, 0.1) is 0 Å². The predicted octanol–water partition coefficient (Wildman–Crippen LogP) is -2.17. The van der Waals surface area contributed by atoms with E-state index >= 15 is 0 Å². The molecule has 0 saturated carbocycles. The Labute approximate surface area is 102 Å². The van der Waals surface area contributed by atoms with E-state index in [9.17, 15) is 15.0 Å². The Morgan fingerprint density at radius 3 is 2.83 bits per heavy atom. The zero-order valence-corrected chi connectivity index (χ0v) is 9.72. The summed E-state index contributed by atoms with van der Waals surface area (Å²) in [5, 5.41) is 29.0. The van der Waals surface area contributed by atoms with Crippen LogP contribution in [-0.4, -0.2) is 49.3 Å². The Hall–Kier alpha value is -1.48. The number of aromatic nitrogens is 2. The van der Waals surface area contributed by atoms with Crippen molar-refractivity contribution in [3.8, 4) is 0 Å². The van der Waals surface area contributed by atoms with Crippen LogP contribution in [0.3, 0.4) is 0 Å². The Morgan fingerprint density at radius 2 is 2.33 bits per heavy atom. The number of nitrogen functional groups attached to an aromatic ring is 1. The second-order valence-electron chi connectivity index (χ2n) is 4.42. The first-order valence-corrected chi connectivity index (χ1v) is 5.39. The van der Waals surface area contributed by atoms with Gasteiger partial charge < -0.3 is 25.8 Å². The van der Waals surface area contributed by atoms with Gasteiger partial charge in [-0.05, 0) is 13.0 Å². The molecule has 0 spiro atoms. The minimum absolute atomic E-state index is 0.0492. The summed E-state index contributed by atoms with van der Waals surface area (Å²) in [5.41, 5.74) is 2.94. The van der Waals surface area contributed by atoms with Gasteiger partial charge in [0.1, 0.15) is 23.6 Å². The molecule has 2 rings (SSSR count). The quantitative estimate of drug-likeness (QED) is 0.474. The van der Waals surface area contributed by atoms with Gasteiger partial charge in [-0.15, -0.1) is 0 Å². The monoisotopic (exact) mass is 257 g/mol. The number of nitrogens with zero attached hydrogens (tertiary/aromatic N) is 2. The van der Waals surface area contributed by atoms with Crippen LogP contribution < -0.4 is 11.4 Å². The standard InChI is InChI=1S/C10H15N3O5/c1-10(17)7(15)5(4-14)18-8(10)13-3-2-6(11)12-9(13)16/h2-3,5,7-8,14-15,17H,4H2,1H3,(H2,11,12,16)/t5-,7?,8?,10?/m1/s1. The fourth-order valence-corrected chi connectivity index (χ4v) is 1.99. The molecule has 0 amide bonds. The molecule has 1 aliphatic heterocycles. The van der Waals surface area contributed by atoms with E-state index in [-0.39, 0.29) is 5.82 Å². The molecule has 1 aromatic heterocycles.